The van der Waals surface area contributed by atoms with Crippen LogP contribution in [0, 0.1) is 0 Å². The van der Waals surface area contributed by atoms with Gasteiger partial charge in [0, 0.05) is 24.0 Å². The van der Waals surface area contributed by atoms with Gasteiger partial charge in [-0.1, -0.05) is 19.4 Å². The van der Waals surface area contributed by atoms with Gasteiger partial charge in [0.2, 0.25) is 5.91 Å². The van der Waals surface area contributed by atoms with Crippen LogP contribution in [0.25, 0.3) is 0 Å². The second-order valence-electron chi connectivity index (χ2n) is 6.79. The zero-order valence-corrected chi connectivity index (χ0v) is 18.3. The predicted molar refractivity (Wildman–Crippen MR) is 121 cm³/mol. The molecular weight excluding hydrogens is 414 g/mol. The standard InChI is InChI=1S/C23H29N3O6/c1-3-4-12-31-20-10-8-17(9-11-20)22(28)24-16-21(27)25-18-6-5-7-19(15-18)26-23(29)32-14-13-30-2/h5-11,15H,3-4,12-14,16H2,1-2H3,(H,24,28)(H,25,27)(H,26,29). The minimum atomic E-state index is -0.625. The molecule has 0 aliphatic carbocycles. The lowest BCUT2D eigenvalue weighted by atomic mass is 10.2. The fraction of sp³-hybridized carbons (Fsp3) is 0.348. The second kappa shape index (κ2) is 13.7. The van der Waals surface area contributed by atoms with Crippen molar-refractivity contribution < 1.29 is 28.6 Å². The normalized spacial score (nSPS) is 10.2. The number of carbonyl (C=O) groups is 3. The van der Waals surface area contributed by atoms with Gasteiger partial charge >= 0.3 is 6.09 Å². The average Bonchev–Trinajstić information content (AvgIpc) is 2.78. The van der Waals surface area contributed by atoms with Crippen molar-refractivity contribution in [2.45, 2.75) is 19.8 Å². The van der Waals surface area contributed by atoms with Crippen LogP contribution in [-0.2, 0) is 14.3 Å². The van der Waals surface area contributed by atoms with Crippen molar-refractivity contribution in [2.75, 3.05) is 44.1 Å². The summed E-state index contributed by atoms with van der Waals surface area (Å²) in [6.07, 6.45) is 1.39. The van der Waals surface area contributed by atoms with E-state index in [4.69, 9.17) is 14.2 Å². The maximum Gasteiger partial charge on any atom is 0.411 e. The molecule has 0 aliphatic heterocycles. The quantitative estimate of drug-likeness (QED) is 0.433. The van der Waals surface area contributed by atoms with Gasteiger partial charge in [-0.3, -0.25) is 14.9 Å². The Morgan fingerprint density at radius 1 is 0.906 bits per heavy atom. The zero-order chi connectivity index (χ0) is 23.2. The molecule has 0 spiro atoms. The van der Waals surface area contributed by atoms with E-state index in [-0.39, 0.29) is 19.1 Å². The summed E-state index contributed by atoms with van der Waals surface area (Å²) in [5.41, 5.74) is 1.35. The molecule has 0 saturated carbocycles. The highest BCUT2D eigenvalue weighted by Crippen LogP contribution is 2.15. The molecule has 2 rings (SSSR count). The van der Waals surface area contributed by atoms with Crippen LogP contribution in [0.4, 0.5) is 16.2 Å². The van der Waals surface area contributed by atoms with Gasteiger partial charge in [0.1, 0.15) is 12.4 Å². The highest BCUT2D eigenvalue weighted by molar-refractivity contribution is 5.99. The van der Waals surface area contributed by atoms with E-state index in [2.05, 4.69) is 22.9 Å². The monoisotopic (exact) mass is 443 g/mol. The molecule has 32 heavy (non-hydrogen) atoms. The summed E-state index contributed by atoms with van der Waals surface area (Å²) < 4.78 is 15.3. The maximum absolute atomic E-state index is 12.3. The number of ether oxygens (including phenoxy) is 3. The molecule has 0 unspecified atom stereocenters. The van der Waals surface area contributed by atoms with Crippen LogP contribution in [0.3, 0.4) is 0 Å². The highest BCUT2D eigenvalue weighted by Gasteiger charge is 2.10. The molecule has 0 aliphatic rings. The maximum atomic E-state index is 12.3. The topological polar surface area (TPSA) is 115 Å². The van der Waals surface area contributed by atoms with Gasteiger partial charge in [-0.2, -0.15) is 0 Å². The first-order chi connectivity index (χ1) is 15.5. The smallest absolute Gasteiger partial charge is 0.411 e. The van der Waals surface area contributed by atoms with E-state index in [1.165, 1.54) is 7.11 Å². The Kier molecular flexibility index (Phi) is 10.5. The van der Waals surface area contributed by atoms with Crippen molar-refractivity contribution in [2.24, 2.45) is 0 Å². The van der Waals surface area contributed by atoms with E-state index in [1.54, 1.807) is 48.5 Å². The number of hydrogen-bond donors (Lipinski definition) is 3. The first-order valence-corrected chi connectivity index (χ1v) is 10.4. The minimum absolute atomic E-state index is 0.132. The van der Waals surface area contributed by atoms with Crippen molar-refractivity contribution in [1.82, 2.24) is 5.32 Å². The molecule has 9 nitrogen and oxygen atoms in total. The Bertz CT molecular complexity index is 886. The summed E-state index contributed by atoms with van der Waals surface area (Å²) in [6, 6.07) is 13.3. The second-order valence-corrected chi connectivity index (χ2v) is 6.79. The van der Waals surface area contributed by atoms with Gasteiger partial charge in [-0.15, -0.1) is 0 Å². The number of hydrogen-bond acceptors (Lipinski definition) is 6. The highest BCUT2D eigenvalue weighted by atomic mass is 16.6. The Hall–Kier alpha value is -3.59. The summed E-state index contributed by atoms with van der Waals surface area (Å²) in [4.78, 5) is 36.1. The molecule has 9 heteroatoms. The molecule has 0 aromatic heterocycles. The van der Waals surface area contributed by atoms with E-state index in [0.717, 1.165) is 12.8 Å². The van der Waals surface area contributed by atoms with Gasteiger partial charge in [0.15, 0.2) is 0 Å². The third-order valence-corrected chi connectivity index (χ3v) is 4.21. The first kappa shape index (κ1) is 24.7. The van der Waals surface area contributed by atoms with Crippen LogP contribution in [0.5, 0.6) is 5.75 Å². The molecule has 3 amide bonds. The molecule has 0 saturated heterocycles. The molecule has 0 radical (unpaired) electrons. The summed E-state index contributed by atoms with van der Waals surface area (Å²) in [7, 11) is 1.51. The van der Waals surface area contributed by atoms with Crippen molar-refractivity contribution in [3.05, 3.63) is 54.1 Å². The van der Waals surface area contributed by atoms with Crippen LogP contribution < -0.4 is 20.7 Å². The first-order valence-electron chi connectivity index (χ1n) is 10.4. The van der Waals surface area contributed by atoms with E-state index in [0.29, 0.717) is 35.9 Å². The lowest BCUT2D eigenvalue weighted by molar-refractivity contribution is -0.115. The molecule has 0 atom stereocenters. The number of methoxy groups -OCH3 is 1. The Labute approximate surface area is 187 Å². The van der Waals surface area contributed by atoms with Crippen LogP contribution in [0.1, 0.15) is 30.1 Å². The molecule has 3 N–H and O–H groups in total. The van der Waals surface area contributed by atoms with Gasteiger partial charge < -0.3 is 24.8 Å². The third-order valence-electron chi connectivity index (χ3n) is 4.21. The molecule has 0 fully saturated rings. The minimum Gasteiger partial charge on any atom is -0.494 e. The number of anilines is 2. The van der Waals surface area contributed by atoms with E-state index >= 15 is 0 Å². The number of benzene rings is 2. The fourth-order valence-corrected chi connectivity index (χ4v) is 2.55. The molecule has 172 valence electrons. The van der Waals surface area contributed by atoms with Crippen LogP contribution in [-0.4, -0.2) is 51.4 Å². The lowest BCUT2D eigenvalue weighted by Gasteiger charge is -2.10. The predicted octanol–water partition coefficient (Wildman–Crippen LogP) is 3.43. The Morgan fingerprint density at radius 3 is 2.31 bits per heavy atom. The number of unbranched alkanes of at least 4 members (excludes halogenated alkanes) is 1. The summed E-state index contributed by atoms with van der Waals surface area (Å²) >= 11 is 0. The number of carbonyl (C=O) groups excluding carboxylic acids is 3. The Balaban J connectivity index is 1.78. The van der Waals surface area contributed by atoms with Gasteiger partial charge in [0.25, 0.3) is 5.91 Å². The van der Waals surface area contributed by atoms with Gasteiger partial charge in [0.05, 0.1) is 19.8 Å². The van der Waals surface area contributed by atoms with Crippen molar-refractivity contribution in [3.8, 4) is 5.75 Å². The zero-order valence-electron chi connectivity index (χ0n) is 18.3. The molecule has 0 bridgehead atoms. The molecule has 2 aromatic rings. The van der Waals surface area contributed by atoms with Crippen molar-refractivity contribution in [1.29, 1.82) is 0 Å². The van der Waals surface area contributed by atoms with Crippen molar-refractivity contribution in [3.63, 3.8) is 0 Å². The fourth-order valence-electron chi connectivity index (χ4n) is 2.55. The molecular formula is C23H29N3O6. The third kappa shape index (κ3) is 9.05. The number of nitrogens with one attached hydrogen (secondary N) is 3. The van der Waals surface area contributed by atoms with Gasteiger partial charge in [-0.05, 0) is 48.9 Å². The number of amides is 3. The number of rotatable bonds is 12. The van der Waals surface area contributed by atoms with E-state index in [1.807, 2.05) is 0 Å². The van der Waals surface area contributed by atoms with Crippen molar-refractivity contribution >= 4 is 29.3 Å². The lowest BCUT2D eigenvalue weighted by Crippen LogP contribution is -2.32. The van der Waals surface area contributed by atoms with E-state index in [9.17, 15) is 14.4 Å². The van der Waals surface area contributed by atoms with Crippen LogP contribution in [0.15, 0.2) is 48.5 Å². The largest absolute Gasteiger partial charge is 0.494 e. The summed E-state index contributed by atoms with van der Waals surface area (Å²) in [5.74, 6) is -0.0732. The summed E-state index contributed by atoms with van der Waals surface area (Å²) in [6.45, 7) is 2.94. The van der Waals surface area contributed by atoms with Crippen LogP contribution in [0.2, 0.25) is 0 Å². The van der Waals surface area contributed by atoms with Gasteiger partial charge in [-0.25, -0.2) is 4.79 Å². The van der Waals surface area contributed by atoms with E-state index < -0.39 is 12.0 Å². The Morgan fingerprint density at radius 2 is 1.62 bits per heavy atom. The average molecular weight is 444 g/mol. The molecule has 0 heterocycles. The van der Waals surface area contributed by atoms with Crippen LogP contribution >= 0.6 is 0 Å². The SMILES string of the molecule is CCCCOc1ccc(C(=O)NCC(=O)Nc2cccc(NC(=O)OCCOC)c2)cc1. The summed E-state index contributed by atoms with van der Waals surface area (Å²) in [5, 5.41) is 7.80. The molecule has 2 aromatic carbocycles.